The molecule has 13 heavy (non-hydrogen) atoms. The van der Waals surface area contributed by atoms with E-state index in [2.05, 4.69) is 0 Å². The second kappa shape index (κ2) is 81.0. The van der Waals surface area contributed by atoms with Crippen LogP contribution in [0.1, 0.15) is 59.4 Å². The highest BCUT2D eigenvalue weighted by molar-refractivity contribution is 6.44. The molecule has 0 fully saturated rings. The number of aliphatic hydroxyl groups excluding tert-OH is 1. The van der Waals surface area contributed by atoms with Gasteiger partial charge in [0.1, 0.15) is 4.84 Å². The highest BCUT2D eigenvalue weighted by Gasteiger charge is 1.88. The molecule has 1 N–H and O–H groups in total. The Hall–Kier alpha value is 0.540. The van der Waals surface area contributed by atoms with Crippen molar-refractivity contribution in [1.29, 1.82) is 0 Å². The van der Waals surface area contributed by atoms with Crippen molar-refractivity contribution in [1.82, 2.24) is 0 Å². The largest absolute Gasteiger partial charge is 0.394 e. The summed E-state index contributed by atoms with van der Waals surface area (Å²) in [6.45, 7) is -0.164. The summed E-state index contributed by atoms with van der Waals surface area (Å²) in [7, 11) is 0. The van der Waals surface area contributed by atoms with Gasteiger partial charge in [-0.1, -0.05) is 59.4 Å². The van der Waals surface area contributed by atoms with Gasteiger partial charge in [-0.25, -0.2) is 0 Å². The van der Waals surface area contributed by atoms with E-state index < -0.39 is 4.84 Å². The second-order valence-corrected chi connectivity index (χ2v) is 1.85. The minimum Gasteiger partial charge on any atom is -0.394 e. The van der Waals surface area contributed by atoms with Crippen LogP contribution in [0.2, 0.25) is 0 Å². The standard InChI is InChI=1S/C2H4Cl2O.8CH4/c3-2(4)1-5;;;;;;;;/h2,5H,1H2;8*1H4. The van der Waals surface area contributed by atoms with E-state index in [0.717, 1.165) is 0 Å². The lowest BCUT2D eigenvalue weighted by atomic mass is 10.9. The highest BCUT2D eigenvalue weighted by atomic mass is 35.5. The van der Waals surface area contributed by atoms with Crippen LogP contribution in [-0.4, -0.2) is 16.5 Å². The van der Waals surface area contributed by atoms with Crippen LogP contribution < -0.4 is 0 Å². The SMILES string of the molecule is C.C.C.C.C.C.C.C.OCC(Cl)Cl. The van der Waals surface area contributed by atoms with Crippen LogP contribution in [0.3, 0.4) is 0 Å². The Kier molecular flexibility index (Phi) is 644. The predicted octanol–water partition coefficient (Wildman–Crippen LogP) is 5.87. The van der Waals surface area contributed by atoms with Crippen molar-refractivity contribution in [3.05, 3.63) is 0 Å². The Bertz CT molecular complexity index is 26.9. The monoisotopic (exact) mass is 242 g/mol. The number of hydrogen-bond donors (Lipinski definition) is 1. The third-order valence-corrected chi connectivity index (χ3v) is 0.414. The van der Waals surface area contributed by atoms with Crippen molar-refractivity contribution >= 4 is 23.2 Å². The smallest absolute Gasteiger partial charge is 0.130 e. The van der Waals surface area contributed by atoms with Gasteiger partial charge in [-0.2, -0.15) is 0 Å². The molecule has 0 aromatic carbocycles. The molecule has 0 aliphatic heterocycles. The minimum atomic E-state index is -0.616. The first-order valence-corrected chi connectivity index (χ1v) is 2.03. The van der Waals surface area contributed by atoms with E-state index in [1.807, 2.05) is 0 Å². The Morgan fingerprint density at radius 3 is 0.769 bits per heavy atom. The van der Waals surface area contributed by atoms with Crippen LogP contribution in [0.4, 0.5) is 0 Å². The fraction of sp³-hybridized carbons (Fsp3) is 1.00. The lowest BCUT2D eigenvalue weighted by Crippen LogP contribution is -1.90. The molecular formula is C10H36Cl2O. The first-order chi connectivity index (χ1) is 2.27. The summed E-state index contributed by atoms with van der Waals surface area (Å²) in [5, 5.41) is 7.88. The Morgan fingerprint density at radius 2 is 0.769 bits per heavy atom. The van der Waals surface area contributed by atoms with Crippen molar-refractivity contribution in [2.45, 2.75) is 64.2 Å². The fourth-order valence-electron chi connectivity index (χ4n) is 0. The zero-order chi connectivity index (χ0) is 4.28. The number of alkyl halides is 2. The highest BCUT2D eigenvalue weighted by Crippen LogP contribution is 1.96. The van der Waals surface area contributed by atoms with E-state index in [0.29, 0.717) is 0 Å². The van der Waals surface area contributed by atoms with Gasteiger partial charge in [-0.15, -0.1) is 23.2 Å². The molecule has 0 unspecified atom stereocenters. The summed E-state index contributed by atoms with van der Waals surface area (Å²) in [6.07, 6.45) is 0. The van der Waals surface area contributed by atoms with Crippen LogP contribution in [-0.2, 0) is 0 Å². The third-order valence-electron chi connectivity index (χ3n) is 0.138. The van der Waals surface area contributed by atoms with Crippen LogP contribution >= 0.6 is 23.2 Å². The van der Waals surface area contributed by atoms with Gasteiger partial charge >= 0.3 is 0 Å². The minimum absolute atomic E-state index is 0. The molecule has 0 aromatic heterocycles. The molecule has 3 heteroatoms. The number of aliphatic hydroxyl groups is 1. The molecule has 0 aliphatic rings. The normalized spacial score (nSPS) is 3.69. The number of rotatable bonds is 1. The molecule has 0 spiro atoms. The molecule has 0 saturated heterocycles. The molecule has 0 aliphatic carbocycles. The van der Waals surface area contributed by atoms with Crippen LogP contribution in [0.5, 0.6) is 0 Å². The third kappa shape index (κ3) is 216. The van der Waals surface area contributed by atoms with Gasteiger partial charge in [-0.05, 0) is 0 Å². The maximum atomic E-state index is 7.88. The summed E-state index contributed by atoms with van der Waals surface area (Å²) in [4.78, 5) is -0.616. The van der Waals surface area contributed by atoms with Crippen LogP contribution in [0.15, 0.2) is 0 Å². The molecule has 0 bridgehead atoms. The Labute approximate surface area is 99.5 Å². The van der Waals surface area contributed by atoms with E-state index in [9.17, 15) is 0 Å². The van der Waals surface area contributed by atoms with Crippen molar-refractivity contribution in [2.24, 2.45) is 0 Å². The average Bonchev–Trinajstić information content (AvgIpc) is 1.38. The maximum absolute atomic E-state index is 7.88. The molecular weight excluding hydrogens is 207 g/mol. The molecule has 0 atom stereocenters. The van der Waals surface area contributed by atoms with Gasteiger partial charge in [-0.3, -0.25) is 0 Å². The quantitative estimate of drug-likeness (QED) is 0.571. The zero-order valence-electron chi connectivity index (χ0n) is 2.49. The van der Waals surface area contributed by atoms with E-state index in [1.165, 1.54) is 0 Å². The van der Waals surface area contributed by atoms with E-state index in [-0.39, 0.29) is 66.0 Å². The van der Waals surface area contributed by atoms with Gasteiger partial charge in [0, 0.05) is 0 Å². The molecule has 1 nitrogen and oxygen atoms in total. The lowest BCUT2D eigenvalue weighted by molar-refractivity contribution is 0.313. The second-order valence-electron chi connectivity index (χ2n) is 0.574. The zero-order valence-corrected chi connectivity index (χ0v) is 4.00. The molecule has 0 radical (unpaired) electrons. The van der Waals surface area contributed by atoms with Crippen molar-refractivity contribution < 1.29 is 5.11 Å². The molecule has 0 amide bonds. The maximum Gasteiger partial charge on any atom is 0.130 e. The van der Waals surface area contributed by atoms with Crippen molar-refractivity contribution in [3.63, 3.8) is 0 Å². The topological polar surface area (TPSA) is 20.2 Å². The summed E-state index contributed by atoms with van der Waals surface area (Å²) >= 11 is 9.96. The van der Waals surface area contributed by atoms with Crippen molar-refractivity contribution in [2.75, 3.05) is 6.61 Å². The van der Waals surface area contributed by atoms with E-state index in [1.54, 1.807) is 0 Å². The molecule has 0 rings (SSSR count). The van der Waals surface area contributed by atoms with Crippen LogP contribution in [0.25, 0.3) is 0 Å². The summed E-state index contributed by atoms with van der Waals surface area (Å²) in [6, 6.07) is 0. The molecule has 0 aromatic rings. The first kappa shape index (κ1) is 103. The lowest BCUT2D eigenvalue weighted by Gasteiger charge is -1.84. The fourth-order valence-corrected chi connectivity index (χ4v) is 0. The molecule has 96 valence electrons. The Morgan fingerprint density at radius 1 is 0.692 bits per heavy atom. The van der Waals surface area contributed by atoms with Gasteiger partial charge in [0.25, 0.3) is 0 Å². The van der Waals surface area contributed by atoms with Gasteiger partial charge in [0.15, 0.2) is 0 Å². The summed E-state index contributed by atoms with van der Waals surface area (Å²) < 4.78 is 0. The molecule has 0 heterocycles. The summed E-state index contributed by atoms with van der Waals surface area (Å²) in [5.41, 5.74) is 0. The van der Waals surface area contributed by atoms with Gasteiger partial charge in [0.05, 0.1) is 6.61 Å². The number of halogens is 2. The number of hydrogen-bond acceptors (Lipinski definition) is 1. The van der Waals surface area contributed by atoms with Crippen molar-refractivity contribution in [3.8, 4) is 0 Å². The average molecular weight is 243 g/mol. The summed E-state index contributed by atoms with van der Waals surface area (Å²) in [5.74, 6) is 0. The molecule has 0 saturated carbocycles. The van der Waals surface area contributed by atoms with E-state index >= 15 is 0 Å². The van der Waals surface area contributed by atoms with Gasteiger partial charge in [0.2, 0.25) is 0 Å². The van der Waals surface area contributed by atoms with E-state index in [4.69, 9.17) is 28.3 Å². The first-order valence-electron chi connectivity index (χ1n) is 1.16. The predicted molar refractivity (Wildman–Crippen MR) is 76.4 cm³/mol. The Balaban J connectivity index is -0.00000000286. The van der Waals surface area contributed by atoms with Crippen LogP contribution in [0, 0.1) is 0 Å². The van der Waals surface area contributed by atoms with Gasteiger partial charge < -0.3 is 5.11 Å².